The molecule has 0 radical (unpaired) electrons. The van der Waals surface area contributed by atoms with E-state index in [1.165, 1.54) is 18.4 Å². The number of benzene rings is 2. The summed E-state index contributed by atoms with van der Waals surface area (Å²) in [5.74, 6) is -0.676. The number of hydrogen-bond acceptors (Lipinski definition) is 5. The first-order chi connectivity index (χ1) is 14.4. The Labute approximate surface area is 182 Å². The van der Waals surface area contributed by atoms with Crippen molar-refractivity contribution < 1.29 is 22.4 Å². The minimum Gasteiger partial charge on any atom is -0.468 e. The summed E-state index contributed by atoms with van der Waals surface area (Å²) in [7, 11) is -4.06. The summed E-state index contributed by atoms with van der Waals surface area (Å²) in [6.07, 6.45) is 1.18. The number of imide groups is 1. The SMILES string of the molecule is O=C1CC(N(Cc2ccco2)S(=O)(=O)c2ccccc2)C(=O)N1c1ccc(Br)cc1. The number of sulfonamides is 1. The monoisotopic (exact) mass is 488 g/mol. The predicted molar refractivity (Wildman–Crippen MR) is 113 cm³/mol. The van der Waals surface area contributed by atoms with Crippen molar-refractivity contribution in [3.05, 3.63) is 83.2 Å². The van der Waals surface area contributed by atoms with Gasteiger partial charge in [0.15, 0.2) is 0 Å². The zero-order valence-electron chi connectivity index (χ0n) is 15.6. The normalized spacial score (nSPS) is 17.1. The van der Waals surface area contributed by atoms with E-state index >= 15 is 0 Å². The average Bonchev–Trinajstić information content (AvgIpc) is 3.35. The molecule has 7 nitrogen and oxygen atoms in total. The van der Waals surface area contributed by atoms with Crippen LogP contribution in [-0.4, -0.2) is 30.6 Å². The predicted octanol–water partition coefficient (Wildman–Crippen LogP) is 3.57. The molecule has 0 N–H and O–H groups in total. The van der Waals surface area contributed by atoms with E-state index in [2.05, 4.69) is 15.9 Å². The summed E-state index contributed by atoms with van der Waals surface area (Å²) in [4.78, 5) is 27.0. The number of hydrogen-bond donors (Lipinski definition) is 0. The van der Waals surface area contributed by atoms with Crippen molar-refractivity contribution in [3.63, 3.8) is 0 Å². The van der Waals surface area contributed by atoms with Crippen LogP contribution in [0.4, 0.5) is 5.69 Å². The van der Waals surface area contributed by atoms with Crippen molar-refractivity contribution >= 4 is 43.5 Å². The van der Waals surface area contributed by atoms with Gasteiger partial charge in [0.2, 0.25) is 15.9 Å². The highest BCUT2D eigenvalue weighted by atomic mass is 79.9. The molecule has 1 aliphatic rings. The van der Waals surface area contributed by atoms with Gasteiger partial charge < -0.3 is 4.42 Å². The number of halogens is 1. The molecule has 0 spiro atoms. The third-order valence-corrected chi connectivity index (χ3v) is 7.19. The fraction of sp³-hybridized carbons (Fsp3) is 0.143. The first-order valence-electron chi connectivity index (χ1n) is 9.09. The van der Waals surface area contributed by atoms with Crippen molar-refractivity contribution in [2.24, 2.45) is 0 Å². The summed E-state index contributed by atoms with van der Waals surface area (Å²) < 4.78 is 33.9. The quantitative estimate of drug-likeness (QED) is 0.495. The summed E-state index contributed by atoms with van der Waals surface area (Å²) in [5, 5.41) is 0. The lowest BCUT2D eigenvalue weighted by atomic mass is 10.2. The Morgan fingerprint density at radius 3 is 2.33 bits per heavy atom. The van der Waals surface area contributed by atoms with Gasteiger partial charge in [-0.25, -0.2) is 13.3 Å². The zero-order chi connectivity index (χ0) is 21.3. The van der Waals surface area contributed by atoms with Gasteiger partial charge in [0.05, 0.1) is 29.8 Å². The molecule has 0 saturated carbocycles. The van der Waals surface area contributed by atoms with Crippen LogP contribution in [0.25, 0.3) is 0 Å². The van der Waals surface area contributed by atoms with Crippen molar-refractivity contribution in [3.8, 4) is 0 Å². The Morgan fingerprint density at radius 1 is 1.00 bits per heavy atom. The topological polar surface area (TPSA) is 87.9 Å². The van der Waals surface area contributed by atoms with Gasteiger partial charge in [-0.3, -0.25) is 9.59 Å². The standard InChI is InChI=1S/C21H17BrN2O5S/c22-15-8-10-16(11-9-15)24-20(25)13-19(21(24)26)23(14-17-5-4-12-29-17)30(27,28)18-6-2-1-3-7-18/h1-12,19H,13-14H2. The maximum absolute atomic E-state index is 13.4. The van der Waals surface area contributed by atoms with E-state index in [1.807, 2.05) is 0 Å². The molecule has 1 unspecified atom stereocenters. The van der Waals surface area contributed by atoms with Crippen LogP contribution in [0.5, 0.6) is 0 Å². The Hall–Kier alpha value is -2.75. The zero-order valence-corrected chi connectivity index (χ0v) is 18.0. The maximum Gasteiger partial charge on any atom is 0.252 e. The molecule has 0 aliphatic carbocycles. The number of carbonyl (C=O) groups excluding carboxylic acids is 2. The summed E-state index contributed by atoms with van der Waals surface area (Å²) in [6.45, 7) is -0.165. The molecule has 1 atom stereocenters. The molecular weight excluding hydrogens is 472 g/mol. The Morgan fingerprint density at radius 2 is 1.70 bits per heavy atom. The second-order valence-corrected chi connectivity index (χ2v) is 9.51. The summed E-state index contributed by atoms with van der Waals surface area (Å²) in [6, 6.07) is 16.6. The van der Waals surface area contributed by atoms with Crippen molar-refractivity contribution in [1.29, 1.82) is 0 Å². The van der Waals surface area contributed by atoms with Gasteiger partial charge in [-0.15, -0.1) is 0 Å². The Kier molecular flexibility index (Phi) is 5.59. The van der Waals surface area contributed by atoms with Crippen LogP contribution < -0.4 is 4.90 Å². The van der Waals surface area contributed by atoms with Gasteiger partial charge >= 0.3 is 0 Å². The van der Waals surface area contributed by atoms with Crippen LogP contribution in [0.2, 0.25) is 0 Å². The largest absolute Gasteiger partial charge is 0.468 e. The number of rotatable bonds is 6. The first-order valence-corrected chi connectivity index (χ1v) is 11.3. The molecule has 0 bridgehead atoms. The van der Waals surface area contributed by atoms with Crippen molar-refractivity contribution in [2.75, 3.05) is 4.90 Å². The highest BCUT2D eigenvalue weighted by Crippen LogP contribution is 2.31. The average molecular weight is 489 g/mol. The first kappa shape index (κ1) is 20.5. The highest BCUT2D eigenvalue weighted by Gasteiger charge is 2.47. The van der Waals surface area contributed by atoms with Gasteiger partial charge in [-0.05, 0) is 48.5 Å². The van der Waals surface area contributed by atoms with Crippen LogP contribution in [0, 0.1) is 0 Å². The van der Waals surface area contributed by atoms with Gasteiger partial charge in [-0.1, -0.05) is 34.1 Å². The van der Waals surface area contributed by atoms with Gasteiger partial charge in [0.25, 0.3) is 5.91 Å². The van der Waals surface area contributed by atoms with Gasteiger partial charge in [-0.2, -0.15) is 4.31 Å². The van der Waals surface area contributed by atoms with Crippen molar-refractivity contribution in [1.82, 2.24) is 4.31 Å². The fourth-order valence-corrected chi connectivity index (χ4v) is 5.18. The minimum atomic E-state index is -4.06. The third-order valence-electron chi connectivity index (χ3n) is 4.80. The molecule has 1 aromatic heterocycles. The molecular formula is C21H17BrN2O5S. The molecule has 1 saturated heterocycles. The molecule has 1 fully saturated rings. The molecule has 4 rings (SSSR count). The van der Waals surface area contributed by atoms with Crippen LogP contribution in [0.3, 0.4) is 0 Å². The van der Waals surface area contributed by atoms with Crippen molar-refractivity contribution in [2.45, 2.75) is 23.9 Å². The van der Waals surface area contributed by atoms with E-state index in [4.69, 9.17) is 4.42 Å². The van der Waals surface area contributed by atoms with E-state index in [0.29, 0.717) is 11.4 Å². The maximum atomic E-state index is 13.4. The molecule has 2 heterocycles. The lowest BCUT2D eigenvalue weighted by molar-refractivity contribution is -0.122. The molecule has 9 heteroatoms. The van der Waals surface area contributed by atoms with Gasteiger partial charge in [0.1, 0.15) is 11.8 Å². The van der Waals surface area contributed by atoms with Crippen LogP contribution in [0.15, 0.2) is 86.8 Å². The van der Waals surface area contributed by atoms with E-state index in [0.717, 1.165) is 13.7 Å². The summed E-state index contributed by atoms with van der Waals surface area (Å²) in [5.41, 5.74) is 0.394. The van der Waals surface area contributed by atoms with Crippen LogP contribution in [0.1, 0.15) is 12.2 Å². The summed E-state index contributed by atoms with van der Waals surface area (Å²) >= 11 is 3.32. The smallest absolute Gasteiger partial charge is 0.252 e. The van der Waals surface area contributed by atoms with E-state index in [1.54, 1.807) is 54.6 Å². The molecule has 2 amide bonds. The lowest BCUT2D eigenvalue weighted by Crippen LogP contribution is -2.45. The van der Waals surface area contributed by atoms with E-state index in [-0.39, 0.29) is 17.9 Å². The Balaban J connectivity index is 1.73. The molecule has 30 heavy (non-hydrogen) atoms. The number of nitrogens with zero attached hydrogens (tertiary/aromatic N) is 2. The second-order valence-electron chi connectivity index (χ2n) is 6.71. The molecule has 3 aromatic rings. The molecule has 2 aromatic carbocycles. The van der Waals surface area contributed by atoms with Crippen LogP contribution in [-0.2, 0) is 26.2 Å². The number of furan rings is 1. The molecule has 1 aliphatic heterocycles. The van der Waals surface area contributed by atoms with E-state index in [9.17, 15) is 18.0 Å². The second kappa shape index (κ2) is 8.17. The van der Waals surface area contributed by atoms with Gasteiger partial charge in [0, 0.05) is 4.47 Å². The number of anilines is 1. The molecule has 154 valence electrons. The van der Waals surface area contributed by atoms with E-state index < -0.39 is 27.9 Å². The number of amides is 2. The fourth-order valence-electron chi connectivity index (χ4n) is 3.35. The van der Waals surface area contributed by atoms with Crippen LogP contribution >= 0.6 is 15.9 Å². The lowest BCUT2D eigenvalue weighted by Gasteiger charge is -2.26. The highest BCUT2D eigenvalue weighted by molar-refractivity contribution is 9.10. The Bertz CT molecular complexity index is 1160. The third kappa shape index (κ3) is 3.83. The number of carbonyl (C=O) groups is 2. The minimum absolute atomic E-state index is 0.0406.